The molecule has 0 aromatic heterocycles. The number of rotatable bonds is 14. The first-order valence-electron chi connectivity index (χ1n) is 7.78. The van der Waals surface area contributed by atoms with Crippen LogP contribution in [0.3, 0.4) is 0 Å². The van der Waals surface area contributed by atoms with E-state index >= 15 is 0 Å². The fourth-order valence-corrected chi connectivity index (χ4v) is 4.70. The van der Waals surface area contributed by atoms with Gasteiger partial charge in [-0.3, -0.25) is 0 Å². The van der Waals surface area contributed by atoms with Gasteiger partial charge in [0.2, 0.25) is 0 Å². The van der Waals surface area contributed by atoms with Crippen LogP contribution in [0.15, 0.2) is 12.2 Å². The van der Waals surface area contributed by atoms with Crippen molar-refractivity contribution in [2.45, 2.75) is 38.6 Å². The minimum atomic E-state index is -3.37. The molecule has 0 amide bonds. The highest BCUT2D eigenvalue weighted by molar-refractivity contribution is 6.55. The molecule has 0 aliphatic rings. The Hall–Kier alpha value is -0.556. The lowest BCUT2D eigenvalue weighted by molar-refractivity contribution is -0.138. The molecule has 0 saturated carbocycles. The highest BCUT2D eigenvalue weighted by atomic mass is 28.4. The number of hydrogen-bond acceptors (Lipinski definition) is 7. The first kappa shape index (κ1) is 22.4. The normalized spacial score (nSPS) is 12.3. The quantitative estimate of drug-likeness (QED) is 0.198. The van der Waals surface area contributed by atoms with Gasteiger partial charge < -0.3 is 27.2 Å². The van der Waals surface area contributed by atoms with E-state index in [1.807, 2.05) is 13.8 Å². The molecule has 0 heterocycles. The first-order valence-corrected chi connectivity index (χ1v) is 11.2. The molecule has 0 bridgehead atoms. The van der Waals surface area contributed by atoms with Crippen LogP contribution in [0, 0.1) is 0 Å². The minimum Gasteiger partial charge on any atom is -0.448 e. The van der Waals surface area contributed by atoms with Crippen LogP contribution >= 0.6 is 0 Å². The van der Waals surface area contributed by atoms with Crippen molar-refractivity contribution in [1.29, 1.82) is 0 Å². The Kier molecular flexibility index (Phi) is 12.5. The van der Waals surface area contributed by atoms with Crippen LogP contribution in [0.25, 0.3) is 0 Å². The number of hydrogen-bond donors (Lipinski definition) is 0. The number of ether oxygens (including phenoxy) is 2. The van der Waals surface area contributed by atoms with Crippen molar-refractivity contribution in [2.24, 2.45) is 0 Å². The van der Waals surface area contributed by atoms with Crippen LogP contribution < -0.4 is 0 Å². The molecular weight excluding hydrogens is 336 g/mol. The lowest BCUT2D eigenvalue weighted by Crippen LogP contribution is -2.48. The number of carbonyl (C=O) groups excluding carboxylic acids is 1. The lowest BCUT2D eigenvalue weighted by Gasteiger charge is -2.22. The molecule has 0 atom stereocenters. The maximum atomic E-state index is 12.0. The van der Waals surface area contributed by atoms with E-state index in [1.165, 1.54) is 21.3 Å². The Labute approximate surface area is 142 Å². The molecular formula is C14H30O7Si2. The van der Waals surface area contributed by atoms with E-state index in [0.717, 1.165) is 12.5 Å². The van der Waals surface area contributed by atoms with E-state index in [2.05, 4.69) is 6.58 Å². The molecule has 0 aliphatic carbocycles. The summed E-state index contributed by atoms with van der Waals surface area (Å²) in [5, 5.41) is 0. The maximum Gasteiger partial charge on any atom is 0.751 e. The summed E-state index contributed by atoms with van der Waals surface area (Å²) in [5.41, 5.74) is 0.381. The molecule has 0 aromatic carbocycles. The van der Waals surface area contributed by atoms with Crippen LogP contribution in [-0.2, 0) is 32.0 Å². The molecule has 0 N–H and O–H groups in total. The summed E-state index contributed by atoms with van der Waals surface area (Å²) < 4.78 is 31.4. The van der Waals surface area contributed by atoms with Crippen LogP contribution in [0.1, 0.15) is 26.7 Å². The molecule has 0 unspecified atom stereocenters. The fraction of sp³-hybridized carbons (Fsp3) is 0.786. The van der Waals surface area contributed by atoms with Gasteiger partial charge in [0.05, 0.1) is 9.52 Å². The van der Waals surface area contributed by atoms with E-state index in [0.29, 0.717) is 25.2 Å². The molecule has 0 spiro atoms. The summed E-state index contributed by atoms with van der Waals surface area (Å²) in [6, 6.07) is 0.998. The predicted octanol–water partition coefficient (Wildman–Crippen LogP) is 1.18. The zero-order chi connectivity index (χ0) is 17.7. The monoisotopic (exact) mass is 366 g/mol. The SMILES string of the molecule is C=C(CCC[SiH2]C(OCC)OCC)C(=O)O[Si](OC)(OC)OC. The molecule has 23 heavy (non-hydrogen) atoms. The van der Waals surface area contributed by atoms with Crippen molar-refractivity contribution in [3.63, 3.8) is 0 Å². The predicted molar refractivity (Wildman–Crippen MR) is 91.6 cm³/mol. The summed E-state index contributed by atoms with van der Waals surface area (Å²) >= 11 is 0. The maximum absolute atomic E-state index is 12.0. The van der Waals surface area contributed by atoms with Gasteiger partial charge in [-0.05, 0) is 20.3 Å². The molecule has 0 aromatic rings. The van der Waals surface area contributed by atoms with Crippen LogP contribution in [0.5, 0.6) is 0 Å². The van der Waals surface area contributed by atoms with Crippen molar-refractivity contribution >= 4 is 24.5 Å². The Morgan fingerprint density at radius 3 is 2.04 bits per heavy atom. The van der Waals surface area contributed by atoms with Gasteiger partial charge in [0.15, 0.2) is 0 Å². The lowest BCUT2D eigenvalue weighted by atomic mass is 10.2. The topological polar surface area (TPSA) is 72.5 Å². The van der Waals surface area contributed by atoms with E-state index < -0.39 is 24.5 Å². The average molecular weight is 367 g/mol. The third-order valence-corrected chi connectivity index (χ3v) is 6.92. The van der Waals surface area contributed by atoms with E-state index in [-0.39, 0.29) is 5.91 Å². The second kappa shape index (κ2) is 12.8. The van der Waals surface area contributed by atoms with Gasteiger partial charge >= 0.3 is 15.0 Å². The van der Waals surface area contributed by atoms with Gasteiger partial charge in [-0.2, -0.15) is 0 Å². The summed E-state index contributed by atoms with van der Waals surface area (Å²) in [6.45, 7) is 8.97. The van der Waals surface area contributed by atoms with E-state index in [1.54, 1.807) is 0 Å². The van der Waals surface area contributed by atoms with Crippen molar-refractivity contribution < 1.29 is 32.0 Å². The smallest absolute Gasteiger partial charge is 0.448 e. The second-order valence-electron chi connectivity index (χ2n) is 4.69. The van der Waals surface area contributed by atoms with Crippen molar-refractivity contribution in [1.82, 2.24) is 0 Å². The van der Waals surface area contributed by atoms with Crippen LogP contribution in [-0.4, -0.2) is 65.0 Å². The molecule has 0 fully saturated rings. The molecule has 0 radical (unpaired) electrons. The summed E-state index contributed by atoms with van der Waals surface area (Å²) in [6.07, 6.45) is 1.40. The third kappa shape index (κ3) is 8.75. The van der Waals surface area contributed by atoms with Crippen molar-refractivity contribution in [3.05, 3.63) is 12.2 Å². The Morgan fingerprint density at radius 2 is 1.61 bits per heavy atom. The molecule has 7 nitrogen and oxygen atoms in total. The summed E-state index contributed by atoms with van der Waals surface area (Å²) in [7, 11) is 0.246. The molecule has 0 saturated heterocycles. The van der Waals surface area contributed by atoms with Crippen LogP contribution in [0.4, 0.5) is 0 Å². The van der Waals surface area contributed by atoms with Gasteiger partial charge in [0, 0.05) is 40.1 Å². The van der Waals surface area contributed by atoms with Gasteiger partial charge in [0.25, 0.3) is 0 Å². The largest absolute Gasteiger partial charge is 0.751 e. The molecule has 9 heteroatoms. The Balaban J connectivity index is 4.16. The van der Waals surface area contributed by atoms with Gasteiger partial charge in [-0.15, -0.1) is 0 Å². The highest BCUT2D eigenvalue weighted by Gasteiger charge is 2.47. The zero-order valence-corrected chi connectivity index (χ0v) is 17.3. The zero-order valence-electron chi connectivity index (χ0n) is 14.9. The molecule has 0 rings (SSSR count). The standard InChI is InChI=1S/C14H30O7Si2/c1-7-19-14(20-8-2)22-11-9-10-12(3)13(15)21-23(16-4,17-5)18-6/h14H,3,7-11,22H2,1-2,4-6H3. The van der Waals surface area contributed by atoms with Gasteiger partial charge in [-0.25, -0.2) is 4.79 Å². The van der Waals surface area contributed by atoms with E-state index in [9.17, 15) is 4.79 Å². The summed E-state index contributed by atoms with van der Waals surface area (Å²) in [5.74, 6) is -0.601. The Morgan fingerprint density at radius 1 is 1.09 bits per heavy atom. The van der Waals surface area contributed by atoms with Crippen molar-refractivity contribution in [2.75, 3.05) is 34.5 Å². The summed E-state index contributed by atoms with van der Waals surface area (Å²) in [4.78, 5) is 12.0. The minimum absolute atomic E-state index is 0.0549. The molecule has 0 aliphatic heterocycles. The highest BCUT2D eigenvalue weighted by Crippen LogP contribution is 2.14. The third-order valence-electron chi connectivity index (χ3n) is 3.13. The van der Waals surface area contributed by atoms with Crippen molar-refractivity contribution in [3.8, 4) is 0 Å². The number of carbonyl (C=O) groups is 1. The van der Waals surface area contributed by atoms with Crippen LogP contribution in [0.2, 0.25) is 6.04 Å². The average Bonchev–Trinajstić information content (AvgIpc) is 2.56. The Bertz CT molecular complexity index is 334. The molecule has 136 valence electrons. The fourth-order valence-electron chi connectivity index (χ4n) is 1.90. The first-order chi connectivity index (χ1) is 11.0. The van der Waals surface area contributed by atoms with E-state index in [4.69, 9.17) is 27.2 Å². The van der Waals surface area contributed by atoms with Gasteiger partial charge in [-0.1, -0.05) is 19.0 Å². The second-order valence-corrected chi connectivity index (χ2v) is 9.07. The van der Waals surface area contributed by atoms with Gasteiger partial charge in [0.1, 0.15) is 5.91 Å².